The van der Waals surface area contributed by atoms with Crippen LogP contribution in [0.5, 0.6) is 0 Å². The van der Waals surface area contributed by atoms with Crippen LogP contribution in [0.15, 0.2) is 0 Å². The van der Waals surface area contributed by atoms with Gasteiger partial charge in [0.15, 0.2) is 5.78 Å². The molecule has 0 aromatic rings. The highest BCUT2D eigenvalue weighted by atomic mass is 16.5. The summed E-state index contributed by atoms with van der Waals surface area (Å²) in [6, 6.07) is -0.291. The monoisotopic (exact) mass is 325 g/mol. The van der Waals surface area contributed by atoms with Crippen LogP contribution in [0.25, 0.3) is 0 Å². The summed E-state index contributed by atoms with van der Waals surface area (Å²) in [7, 11) is 0. The van der Waals surface area contributed by atoms with Gasteiger partial charge in [-0.25, -0.2) is 0 Å². The fraction of sp³-hybridized carbons (Fsp3) is 0.882. The summed E-state index contributed by atoms with van der Waals surface area (Å²) in [5, 5.41) is 9.69. The van der Waals surface area contributed by atoms with Crippen molar-refractivity contribution in [2.45, 2.75) is 70.2 Å². The van der Waals surface area contributed by atoms with Crippen molar-refractivity contribution in [2.75, 3.05) is 19.8 Å². The minimum atomic E-state index is -0.870. The van der Waals surface area contributed by atoms with Gasteiger partial charge in [0.25, 0.3) is 0 Å². The number of carbonyl (C=O) groups is 2. The molecule has 0 saturated carbocycles. The molecule has 3 aliphatic heterocycles. The van der Waals surface area contributed by atoms with Gasteiger partial charge in [-0.2, -0.15) is 0 Å². The van der Waals surface area contributed by atoms with Crippen molar-refractivity contribution >= 4 is 11.7 Å². The lowest BCUT2D eigenvalue weighted by molar-refractivity contribution is -0.210. The van der Waals surface area contributed by atoms with Crippen LogP contribution in [0, 0.1) is 5.41 Å². The van der Waals surface area contributed by atoms with Gasteiger partial charge in [0.1, 0.15) is 12.3 Å². The third-order valence-corrected chi connectivity index (χ3v) is 5.52. The first-order chi connectivity index (χ1) is 11.1. The zero-order valence-corrected chi connectivity index (χ0v) is 13.8. The molecular weight excluding hydrogens is 298 g/mol. The van der Waals surface area contributed by atoms with Crippen molar-refractivity contribution in [1.82, 2.24) is 4.90 Å². The smallest absolute Gasteiger partial charge is 0.235 e. The molecule has 3 rings (SSSR count). The Bertz CT molecular complexity index is 456. The van der Waals surface area contributed by atoms with Gasteiger partial charge in [-0.1, -0.05) is 0 Å². The molecule has 0 radical (unpaired) electrons. The minimum absolute atomic E-state index is 0.0442. The molecule has 3 fully saturated rings. The van der Waals surface area contributed by atoms with Crippen LogP contribution >= 0.6 is 0 Å². The van der Waals surface area contributed by atoms with Gasteiger partial charge < -0.3 is 19.5 Å². The number of amides is 1. The number of Topliss-reactive ketones (excluding diaryl/α,β-unsaturated/α-hetero) is 1. The second-order valence-corrected chi connectivity index (χ2v) is 7.15. The van der Waals surface area contributed by atoms with E-state index in [1.165, 1.54) is 0 Å². The summed E-state index contributed by atoms with van der Waals surface area (Å²) in [5.41, 5.74) is -0.870. The number of nitrogens with zero attached hydrogens (tertiary/aromatic N) is 1. The maximum atomic E-state index is 12.6. The Morgan fingerprint density at radius 3 is 2.48 bits per heavy atom. The third-order valence-electron chi connectivity index (χ3n) is 5.52. The van der Waals surface area contributed by atoms with E-state index in [0.717, 1.165) is 38.5 Å². The second kappa shape index (κ2) is 6.87. The van der Waals surface area contributed by atoms with Crippen molar-refractivity contribution < 1.29 is 24.2 Å². The highest BCUT2D eigenvalue weighted by Gasteiger charge is 2.60. The van der Waals surface area contributed by atoms with E-state index in [4.69, 9.17) is 9.47 Å². The van der Waals surface area contributed by atoms with Crippen molar-refractivity contribution in [3.05, 3.63) is 0 Å². The summed E-state index contributed by atoms with van der Waals surface area (Å²) in [6.45, 7) is 2.79. The van der Waals surface area contributed by atoms with E-state index < -0.39 is 5.41 Å². The van der Waals surface area contributed by atoms with Gasteiger partial charge in [0.2, 0.25) is 5.91 Å². The maximum Gasteiger partial charge on any atom is 0.235 e. The van der Waals surface area contributed by atoms with Crippen LogP contribution in [0.2, 0.25) is 0 Å². The number of hydrogen-bond donors (Lipinski definition) is 1. The number of rotatable bonds is 5. The first-order valence-electron chi connectivity index (χ1n) is 8.77. The molecule has 130 valence electrons. The van der Waals surface area contributed by atoms with Gasteiger partial charge >= 0.3 is 0 Å². The van der Waals surface area contributed by atoms with Gasteiger partial charge in [-0.3, -0.25) is 9.59 Å². The lowest BCUT2D eigenvalue weighted by Crippen LogP contribution is -2.73. The molecule has 3 saturated heterocycles. The number of carbonyl (C=O) groups excluding carboxylic acids is 2. The summed E-state index contributed by atoms with van der Waals surface area (Å²) in [4.78, 5) is 26.8. The van der Waals surface area contributed by atoms with Crippen LogP contribution in [-0.2, 0) is 19.1 Å². The fourth-order valence-corrected chi connectivity index (χ4v) is 3.91. The molecule has 0 aromatic carbocycles. The van der Waals surface area contributed by atoms with Crippen LogP contribution in [0.4, 0.5) is 0 Å². The predicted molar refractivity (Wildman–Crippen MR) is 82.6 cm³/mol. The molecule has 0 aromatic heterocycles. The van der Waals surface area contributed by atoms with E-state index in [0.29, 0.717) is 13.2 Å². The number of hydrogen-bond acceptors (Lipinski definition) is 5. The molecule has 6 nitrogen and oxygen atoms in total. The Morgan fingerprint density at radius 1 is 1.22 bits per heavy atom. The lowest BCUT2D eigenvalue weighted by Gasteiger charge is -2.57. The zero-order chi connectivity index (χ0) is 16.4. The zero-order valence-electron chi connectivity index (χ0n) is 13.8. The topological polar surface area (TPSA) is 76.1 Å². The maximum absolute atomic E-state index is 12.6. The summed E-state index contributed by atoms with van der Waals surface area (Å²) in [6.07, 6.45) is 5.25. The van der Waals surface area contributed by atoms with Gasteiger partial charge in [-0.15, -0.1) is 0 Å². The Balaban J connectivity index is 1.69. The highest BCUT2D eigenvalue weighted by molar-refractivity contribution is 5.93. The van der Waals surface area contributed by atoms with Crippen molar-refractivity contribution in [3.8, 4) is 0 Å². The number of aliphatic hydroxyl groups is 1. The SMILES string of the molecule is CC1(CO)C(=O)N(C2CCCCO2)C1CC(=O)C1CCCCO1. The number of likely N-dealkylation sites (tertiary alicyclic amines) is 1. The Hall–Kier alpha value is -0.980. The van der Waals surface area contributed by atoms with Gasteiger partial charge in [0, 0.05) is 19.6 Å². The molecule has 4 unspecified atom stereocenters. The fourth-order valence-electron chi connectivity index (χ4n) is 3.91. The standard InChI is InChI=1S/C17H27NO5/c1-17(11-19)14(10-12(20)13-6-2-4-8-22-13)18(16(17)21)15-7-3-5-9-23-15/h13-15,19H,2-11H2,1H3. The Labute approximate surface area is 137 Å². The number of ketones is 1. The predicted octanol–water partition coefficient (Wildman–Crippen LogP) is 1.25. The molecule has 1 N–H and O–H groups in total. The highest BCUT2D eigenvalue weighted by Crippen LogP contribution is 2.44. The molecular formula is C17H27NO5. The Morgan fingerprint density at radius 2 is 1.91 bits per heavy atom. The average Bonchev–Trinajstić information content (AvgIpc) is 2.62. The van der Waals surface area contributed by atoms with E-state index in [2.05, 4.69) is 0 Å². The quantitative estimate of drug-likeness (QED) is 0.770. The van der Waals surface area contributed by atoms with Crippen LogP contribution in [0.3, 0.4) is 0 Å². The summed E-state index contributed by atoms with van der Waals surface area (Å²) >= 11 is 0. The first-order valence-corrected chi connectivity index (χ1v) is 8.77. The molecule has 1 amide bonds. The molecule has 0 bridgehead atoms. The van der Waals surface area contributed by atoms with E-state index in [-0.39, 0.29) is 43.1 Å². The third kappa shape index (κ3) is 3.04. The van der Waals surface area contributed by atoms with E-state index >= 15 is 0 Å². The summed E-state index contributed by atoms with van der Waals surface area (Å²) < 4.78 is 11.3. The van der Waals surface area contributed by atoms with E-state index in [1.54, 1.807) is 11.8 Å². The first kappa shape index (κ1) is 16.9. The second-order valence-electron chi connectivity index (χ2n) is 7.15. The molecule has 4 atom stereocenters. The van der Waals surface area contributed by atoms with Crippen molar-refractivity contribution in [3.63, 3.8) is 0 Å². The van der Waals surface area contributed by atoms with E-state index in [9.17, 15) is 14.7 Å². The molecule has 0 aliphatic carbocycles. The molecule has 0 spiro atoms. The van der Waals surface area contributed by atoms with Gasteiger partial charge in [0.05, 0.1) is 18.1 Å². The molecule has 3 heterocycles. The number of ether oxygens (including phenoxy) is 2. The number of β-lactam (4-membered cyclic amide) rings is 1. The van der Waals surface area contributed by atoms with Crippen LogP contribution in [-0.4, -0.2) is 59.9 Å². The van der Waals surface area contributed by atoms with Crippen LogP contribution < -0.4 is 0 Å². The Kier molecular flexibility index (Phi) is 5.04. The summed E-state index contributed by atoms with van der Waals surface area (Å²) in [5.74, 6) is -0.0584. The average molecular weight is 325 g/mol. The van der Waals surface area contributed by atoms with Crippen molar-refractivity contribution in [2.24, 2.45) is 5.41 Å². The van der Waals surface area contributed by atoms with Gasteiger partial charge in [-0.05, 0) is 45.4 Å². The largest absolute Gasteiger partial charge is 0.395 e. The number of aliphatic hydroxyl groups excluding tert-OH is 1. The van der Waals surface area contributed by atoms with Crippen molar-refractivity contribution in [1.29, 1.82) is 0 Å². The minimum Gasteiger partial charge on any atom is -0.395 e. The normalized spacial score (nSPS) is 38.3. The van der Waals surface area contributed by atoms with Crippen LogP contribution in [0.1, 0.15) is 51.9 Å². The molecule has 6 heteroatoms. The molecule has 23 heavy (non-hydrogen) atoms. The van der Waals surface area contributed by atoms with E-state index in [1.807, 2.05) is 0 Å². The lowest BCUT2D eigenvalue weighted by atomic mass is 9.69. The molecule has 3 aliphatic rings.